The molecule has 3 aromatic carbocycles. The van der Waals surface area contributed by atoms with Gasteiger partial charge in [-0.1, -0.05) is 80.5 Å². The van der Waals surface area contributed by atoms with Crippen molar-refractivity contribution in [3.63, 3.8) is 0 Å². The number of aromatic amines is 1. The third-order valence-electron chi connectivity index (χ3n) is 11.1. The highest BCUT2D eigenvalue weighted by Gasteiger charge is 2.27. The van der Waals surface area contributed by atoms with Crippen molar-refractivity contribution in [2.45, 2.75) is 83.8 Å². The molecule has 0 radical (unpaired) electrons. The van der Waals surface area contributed by atoms with E-state index in [1.807, 2.05) is 58.2 Å². The second-order valence-corrected chi connectivity index (χ2v) is 16.3. The number of hydrogen-bond acceptors (Lipinski definition) is 9. The minimum atomic E-state index is -0.374. The van der Waals surface area contributed by atoms with Gasteiger partial charge in [-0.15, -0.1) is 0 Å². The minimum absolute atomic E-state index is 0.0340. The molecule has 0 saturated carbocycles. The van der Waals surface area contributed by atoms with Crippen LogP contribution in [0.4, 0.5) is 5.69 Å². The van der Waals surface area contributed by atoms with Crippen LogP contribution in [0.1, 0.15) is 91.1 Å². The van der Waals surface area contributed by atoms with Crippen LogP contribution < -0.4 is 16.0 Å². The first-order chi connectivity index (χ1) is 27.5. The first-order valence-corrected chi connectivity index (χ1v) is 19.7. The number of aryl methyl sites for hydroxylation is 1. The number of rotatable bonds is 10. The van der Waals surface area contributed by atoms with Gasteiger partial charge in [0.2, 0.25) is 17.7 Å². The van der Waals surface area contributed by atoms with Crippen LogP contribution in [0.25, 0.3) is 33.4 Å². The van der Waals surface area contributed by atoms with E-state index in [1.165, 1.54) is 11.1 Å². The van der Waals surface area contributed by atoms with E-state index in [2.05, 4.69) is 95.6 Å². The number of nitrogens with one attached hydrogen (secondary N) is 4. The van der Waals surface area contributed by atoms with Gasteiger partial charge in [0.25, 0.3) is 11.7 Å². The summed E-state index contributed by atoms with van der Waals surface area (Å²) >= 11 is 0. The summed E-state index contributed by atoms with van der Waals surface area (Å²) in [6, 6.07) is 27.3. The lowest BCUT2D eigenvalue weighted by Gasteiger charge is -2.32. The molecule has 12 nitrogen and oxygen atoms in total. The molecule has 57 heavy (non-hydrogen) atoms. The van der Waals surface area contributed by atoms with E-state index in [-0.39, 0.29) is 35.0 Å². The molecule has 12 heteroatoms. The molecule has 2 aliphatic heterocycles. The van der Waals surface area contributed by atoms with Gasteiger partial charge in [-0.2, -0.15) is 4.98 Å². The fraction of sp³-hybridized carbons (Fsp3) is 0.333. The van der Waals surface area contributed by atoms with Crippen LogP contribution in [0.5, 0.6) is 0 Å². The van der Waals surface area contributed by atoms with Gasteiger partial charge >= 0.3 is 0 Å². The van der Waals surface area contributed by atoms with Crippen molar-refractivity contribution in [3.8, 4) is 22.4 Å². The Labute approximate surface area is 331 Å². The summed E-state index contributed by atoms with van der Waals surface area (Å²) < 4.78 is 5.28. The second-order valence-electron chi connectivity index (χ2n) is 16.3. The lowest BCUT2D eigenvalue weighted by molar-refractivity contribution is -0.133. The number of hydrogen-bond donors (Lipinski definition) is 4. The number of piperidine rings is 2. The zero-order valence-electron chi connectivity index (χ0n) is 32.8. The van der Waals surface area contributed by atoms with Crippen molar-refractivity contribution >= 4 is 34.4 Å². The number of H-pyrrole nitrogens is 1. The number of imide groups is 1. The summed E-state index contributed by atoms with van der Waals surface area (Å²) in [5, 5.41) is 13.5. The molecule has 4 N–H and O–H groups in total. The molecule has 2 fully saturated rings. The van der Waals surface area contributed by atoms with Gasteiger partial charge < -0.3 is 20.1 Å². The van der Waals surface area contributed by atoms with Crippen molar-refractivity contribution in [3.05, 3.63) is 119 Å². The summed E-state index contributed by atoms with van der Waals surface area (Å²) in [6.45, 7) is 11.3. The van der Waals surface area contributed by atoms with E-state index in [1.54, 1.807) is 0 Å². The SMILES string of the molecule is Cc1cc(-c2ccnc3[nH]c(-c4ccc(CN5CCC(c6ccc(NC7CCC(=O)NC7=O)cc6)CC5)cc4)cc23)ccc1CNC(=O)c1noc(C(C)(C)C)n1. The van der Waals surface area contributed by atoms with Crippen LogP contribution in [-0.4, -0.2) is 61.9 Å². The van der Waals surface area contributed by atoms with E-state index in [0.29, 0.717) is 31.2 Å². The predicted octanol–water partition coefficient (Wildman–Crippen LogP) is 7.41. The highest BCUT2D eigenvalue weighted by atomic mass is 16.5. The van der Waals surface area contributed by atoms with E-state index in [9.17, 15) is 14.4 Å². The summed E-state index contributed by atoms with van der Waals surface area (Å²) in [7, 11) is 0. The van der Waals surface area contributed by atoms with Crippen LogP contribution in [0.15, 0.2) is 89.6 Å². The Morgan fingerprint density at radius 3 is 2.39 bits per heavy atom. The van der Waals surface area contributed by atoms with E-state index < -0.39 is 0 Å². The first-order valence-electron chi connectivity index (χ1n) is 19.7. The molecule has 1 unspecified atom stereocenters. The van der Waals surface area contributed by atoms with Gasteiger partial charge in [0.1, 0.15) is 11.7 Å². The summed E-state index contributed by atoms with van der Waals surface area (Å²) in [6.07, 6.45) is 4.91. The van der Waals surface area contributed by atoms with Crippen LogP contribution >= 0.6 is 0 Å². The van der Waals surface area contributed by atoms with Crippen molar-refractivity contribution < 1.29 is 18.9 Å². The standard InChI is InChI=1S/C45H48N8O4/c1-27-23-32(9-10-33(27)25-47-43(56)41-51-44(57-52-41)45(2,3)4)35-17-20-46-40-36(35)24-38(49-40)31-7-5-28(6-8-31)26-53-21-18-30(19-22-53)29-11-13-34(14-12-29)48-37-15-16-39(54)50-42(37)55/h5-14,17,20,23-24,30,37,48H,15-16,18-19,21-22,25-26H2,1-4H3,(H,46,49)(H,47,56)(H,50,54,55). The molecule has 292 valence electrons. The Bertz CT molecular complexity index is 2420. The highest BCUT2D eigenvalue weighted by Crippen LogP contribution is 2.34. The van der Waals surface area contributed by atoms with Crippen molar-refractivity contribution in [2.24, 2.45) is 0 Å². The number of carbonyl (C=O) groups is 3. The Kier molecular flexibility index (Phi) is 10.5. The fourth-order valence-corrected chi connectivity index (χ4v) is 7.73. The zero-order valence-corrected chi connectivity index (χ0v) is 32.8. The molecule has 2 saturated heterocycles. The number of anilines is 1. The van der Waals surface area contributed by atoms with E-state index in [0.717, 1.165) is 82.7 Å². The first kappa shape index (κ1) is 37.8. The normalized spacial score (nSPS) is 16.8. The maximum atomic E-state index is 12.7. The quantitative estimate of drug-likeness (QED) is 0.104. The zero-order chi connectivity index (χ0) is 39.7. The van der Waals surface area contributed by atoms with Crippen LogP contribution in [0.2, 0.25) is 0 Å². The number of likely N-dealkylation sites (tertiary alicyclic amines) is 1. The third kappa shape index (κ3) is 8.51. The molecule has 2 aliphatic rings. The smallest absolute Gasteiger partial charge is 0.292 e. The highest BCUT2D eigenvalue weighted by molar-refractivity contribution is 6.01. The molecular formula is C45H48N8O4. The molecule has 0 aliphatic carbocycles. The summed E-state index contributed by atoms with van der Waals surface area (Å²) in [5.74, 6) is 0.142. The van der Waals surface area contributed by atoms with Crippen LogP contribution in [0.3, 0.4) is 0 Å². The number of nitrogens with zero attached hydrogens (tertiary/aromatic N) is 4. The molecule has 1 atom stereocenters. The van der Waals surface area contributed by atoms with E-state index >= 15 is 0 Å². The van der Waals surface area contributed by atoms with Crippen LogP contribution in [0, 0.1) is 6.92 Å². The topological polar surface area (TPSA) is 158 Å². The second kappa shape index (κ2) is 15.8. The molecule has 3 amide bonds. The monoisotopic (exact) mass is 764 g/mol. The number of benzene rings is 3. The maximum Gasteiger partial charge on any atom is 0.292 e. The number of aromatic nitrogens is 4. The number of amides is 3. The van der Waals surface area contributed by atoms with Crippen molar-refractivity contribution in [2.75, 3.05) is 18.4 Å². The molecule has 0 bridgehead atoms. The maximum absolute atomic E-state index is 12.7. The van der Waals surface area contributed by atoms with Gasteiger partial charge in [-0.25, -0.2) is 4.98 Å². The lowest BCUT2D eigenvalue weighted by Crippen LogP contribution is -2.47. The van der Waals surface area contributed by atoms with Gasteiger partial charge in [0.15, 0.2) is 0 Å². The van der Waals surface area contributed by atoms with Crippen molar-refractivity contribution in [1.29, 1.82) is 0 Å². The summed E-state index contributed by atoms with van der Waals surface area (Å²) in [4.78, 5) is 51.3. The molecule has 0 spiro atoms. The van der Waals surface area contributed by atoms with Gasteiger partial charge in [-0.05, 0) is 108 Å². The molecule has 8 rings (SSSR count). The lowest BCUT2D eigenvalue weighted by atomic mass is 9.89. The Balaban J connectivity index is 0.858. The van der Waals surface area contributed by atoms with Gasteiger partial charge in [0, 0.05) is 47.9 Å². The predicted molar refractivity (Wildman–Crippen MR) is 219 cm³/mol. The molecular weight excluding hydrogens is 717 g/mol. The fourth-order valence-electron chi connectivity index (χ4n) is 7.73. The minimum Gasteiger partial charge on any atom is -0.374 e. The molecule has 6 aromatic rings. The Morgan fingerprint density at radius 1 is 0.930 bits per heavy atom. The third-order valence-corrected chi connectivity index (χ3v) is 11.1. The number of fused-ring (bicyclic) bond motifs is 1. The average molecular weight is 765 g/mol. The Hall–Kier alpha value is -6.14. The Morgan fingerprint density at radius 2 is 1.68 bits per heavy atom. The summed E-state index contributed by atoms with van der Waals surface area (Å²) in [5.41, 5.74) is 10.4. The number of pyridine rings is 1. The number of carbonyl (C=O) groups excluding carboxylic acids is 3. The largest absolute Gasteiger partial charge is 0.374 e. The van der Waals surface area contributed by atoms with E-state index in [4.69, 9.17) is 4.52 Å². The molecule has 3 aromatic heterocycles. The van der Waals surface area contributed by atoms with Gasteiger partial charge in [0.05, 0.1) is 0 Å². The average Bonchev–Trinajstić information content (AvgIpc) is 3.89. The van der Waals surface area contributed by atoms with Crippen molar-refractivity contribution in [1.82, 2.24) is 35.6 Å². The van der Waals surface area contributed by atoms with Crippen LogP contribution in [-0.2, 0) is 28.1 Å². The van der Waals surface area contributed by atoms with Gasteiger partial charge in [-0.3, -0.25) is 24.6 Å². The molecule has 5 heterocycles.